The molecule has 0 bridgehead atoms. The minimum absolute atomic E-state index is 0.207. The Morgan fingerprint density at radius 1 is 0.794 bits per heavy atom. The summed E-state index contributed by atoms with van der Waals surface area (Å²) < 4.78 is 31.0. The lowest BCUT2D eigenvalue weighted by molar-refractivity contribution is 0.0755. The fraction of sp³-hybridized carbons (Fsp3) is 0.625. The second-order valence-corrected chi connectivity index (χ2v) is 11.4. The first-order valence-corrected chi connectivity index (χ1v) is 13.9. The van der Waals surface area contributed by atoms with Gasteiger partial charge < -0.3 is 0 Å². The van der Waals surface area contributed by atoms with Crippen LogP contribution in [-0.2, 0) is 0 Å². The Morgan fingerprint density at radius 2 is 1.35 bits per heavy atom. The number of fused-ring (bicyclic) bond motifs is 1. The zero-order valence-corrected chi connectivity index (χ0v) is 21.0. The van der Waals surface area contributed by atoms with Crippen molar-refractivity contribution in [3.63, 3.8) is 0 Å². The van der Waals surface area contributed by atoms with E-state index in [0.717, 1.165) is 48.7 Å². The summed E-state index contributed by atoms with van der Waals surface area (Å²) in [5.74, 6) is 2.22. The number of hydrogen-bond acceptors (Lipinski definition) is 0. The van der Waals surface area contributed by atoms with Crippen molar-refractivity contribution in [3.05, 3.63) is 60.0 Å². The van der Waals surface area contributed by atoms with E-state index in [2.05, 4.69) is 25.3 Å². The average Bonchev–Trinajstić information content (AvgIpc) is 2.88. The summed E-state index contributed by atoms with van der Waals surface area (Å²) in [5.41, 5.74) is -0.735. The van der Waals surface area contributed by atoms with E-state index in [1.54, 1.807) is 12.1 Å². The Balaban J connectivity index is 1.35. The van der Waals surface area contributed by atoms with Crippen molar-refractivity contribution in [2.24, 2.45) is 29.1 Å². The molecule has 1 aromatic rings. The highest BCUT2D eigenvalue weighted by molar-refractivity contribution is 5.55. The van der Waals surface area contributed by atoms with Gasteiger partial charge in [-0.15, -0.1) is 13.2 Å². The van der Waals surface area contributed by atoms with Crippen LogP contribution in [0.1, 0.15) is 89.9 Å². The zero-order chi connectivity index (χ0) is 24.0. The summed E-state index contributed by atoms with van der Waals surface area (Å²) in [6, 6.07) is 7.40. The van der Waals surface area contributed by atoms with Crippen LogP contribution in [0.2, 0.25) is 0 Å². The van der Waals surface area contributed by atoms with Gasteiger partial charge in [0.25, 0.3) is 0 Å². The third-order valence-corrected chi connectivity index (χ3v) is 9.45. The quantitative estimate of drug-likeness (QED) is 0.305. The Morgan fingerprint density at radius 3 is 1.97 bits per heavy atom. The molecule has 2 fully saturated rings. The smallest absolute Gasteiger partial charge is 0.161 e. The van der Waals surface area contributed by atoms with Crippen molar-refractivity contribution in [2.45, 2.75) is 96.1 Å². The summed E-state index contributed by atoms with van der Waals surface area (Å²) in [6.07, 6.45) is 21.0. The first-order chi connectivity index (χ1) is 16.6. The molecule has 1 aromatic carbocycles. The van der Waals surface area contributed by atoms with Gasteiger partial charge in [-0.05, 0) is 67.4 Å². The van der Waals surface area contributed by atoms with Crippen LogP contribution in [-0.4, -0.2) is 6.17 Å². The SMILES string of the molecule is C=CCCC1CCC(CCC2CCC(C3(CCC=C)C=c4ccccc4=C(F)C3F)CC2)CC1. The molecule has 0 heterocycles. The first kappa shape index (κ1) is 25.4. The highest BCUT2D eigenvalue weighted by Crippen LogP contribution is 2.51. The second kappa shape index (κ2) is 11.8. The number of alkyl halides is 1. The number of hydrogen-bond donors (Lipinski definition) is 0. The molecule has 0 nitrogen and oxygen atoms in total. The van der Waals surface area contributed by atoms with E-state index in [0.29, 0.717) is 11.6 Å². The maximum absolute atomic E-state index is 15.8. The topological polar surface area (TPSA) is 0 Å². The number of halogens is 2. The van der Waals surface area contributed by atoms with Crippen molar-refractivity contribution < 1.29 is 8.78 Å². The normalized spacial score (nSPS) is 33.6. The molecule has 0 N–H and O–H groups in total. The van der Waals surface area contributed by atoms with Crippen LogP contribution in [0.4, 0.5) is 8.78 Å². The van der Waals surface area contributed by atoms with Gasteiger partial charge in [0.1, 0.15) is 5.83 Å². The van der Waals surface area contributed by atoms with Crippen molar-refractivity contribution in [1.82, 2.24) is 0 Å². The molecule has 0 amide bonds. The summed E-state index contributed by atoms with van der Waals surface area (Å²) in [7, 11) is 0. The Labute approximate surface area is 205 Å². The second-order valence-electron chi connectivity index (χ2n) is 11.4. The third kappa shape index (κ3) is 5.58. The van der Waals surface area contributed by atoms with Crippen molar-refractivity contribution in [3.8, 4) is 0 Å². The van der Waals surface area contributed by atoms with E-state index in [9.17, 15) is 0 Å². The molecule has 2 saturated carbocycles. The van der Waals surface area contributed by atoms with Gasteiger partial charge in [-0.1, -0.05) is 93.9 Å². The van der Waals surface area contributed by atoms with Crippen LogP contribution in [0.3, 0.4) is 0 Å². The van der Waals surface area contributed by atoms with Gasteiger partial charge in [0.2, 0.25) is 0 Å². The van der Waals surface area contributed by atoms with Gasteiger partial charge in [-0.2, -0.15) is 0 Å². The zero-order valence-electron chi connectivity index (χ0n) is 21.0. The molecular formula is C32H44F2. The lowest BCUT2D eigenvalue weighted by Crippen LogP contribution is -2.48. The molecule has 0 aliphatic heterocycles. The fourth-order valence-electron chi connectivity index (χ4n) is 7.28. The Bertz CT molecular complexity index is 930. The van der Waals surface area contributed by atoms with Crippen LogP contribution < -0.4 is 10.4 Å². The molecule has 3 aliphatic carbocycles. The van der Waals surface area contributed by atoms with Crippen molar-refractivity contribution >= 4 is 11.9 Å². The molecule has 0 saturated heterocycles. The van der Waals surface area contributed by atoms with Gasteiger partial charge >= 0.3 is 0 Å². The Kier molecular flexibility index (Phi) is 8.83. The molecule has 2 unspecified atom stereocenters. The lowest BCUT2D eigenvalue weighted by Gasteiger charge is -2.45. The van der Waals surface area contributed by atoms with Gasteiger partial charge in [0.05, 0.1) is 0 Å². The highest BCUT2D eigenvalue weighted by Gasteiger charge is 2.48. The molecule has 2 heteroatoms. The van der Waals surface area contributed by atoms with E-state index >= 15 is 8.78 Å². The molecule has 4 rings (SSSR count). The largest absolute Gasteiger partial charge is 0.239 e. The molecule has 0 spiro atoms. The molecule has 2 atom stereocenters. The number of benzene rings is 1. The standard InChI is InChI=1S/C32H44F2/c1-3-5-9-24-12-14-25(15-13-24)16-17-26-18-20-28(21-19-26)32(22-6-4-2)23-27-10-7-8-11-29(27)30(33)31(32)34/h3-4,7-8,10-11,23-26,28,31H,1-2,5-6,9,12-22H2. The van der Waals surface area contributed by atoms with Crippen molar-refractivity contribution in [2.75, 3.05) is 0 Å². The minimum Gasteiger partial charge on any atom is -0.239 e. The molecule has 186 valence electrons. The molecular weight excluding hydrogens is 422 g/mol. The van der Waals surface area contributed by atoms with Gasteiger partial charge in [0.15, 0.2) is 6.17 Å². The molecule has 0 radical (unpaired) electrons. The lowest BCUT2D eigenvalue weighted by atomic mass is 9.60. The van der Waals surface area contributed by atoms with E-state index in [-0.39, 0.29) is 5.92 Å². The minimum atomic E-state index is -1.54. The highest BCUT2D eigenvalue weighted by atomic mass is 19.2. The molecule has 0 aromatic heterocycles. The average molecular weight is 467 g/mol. The first-order valence-electron chi connectivity index (χ1n) is 13.9. The van der Waals surface area contributed by atoms with Gasteiger partial charge in [-0.25, -0.2) is 8.78 Å². The summed E-state index contributed by atoms with van der Waals surface area (Å²) in [4.78, 5) is 0. The summed E-state index contributed by atoms with van der Waals surface area (Å²) in [5, 5.41) is 1.31. The van der Waals surface area contributed by atoms with Gasteiger partial charge in [-0.3, -0.25) is 0 Å². The molecule has 34 heavy (non-hydrogen) atoms. The summed E-state index contributed by atoms with van der Waals surface area (Å²) in [6.45, 7) is 7.73. The fourth-order valence-corrected chi connectivity index (χ4v) is 7.28. The Hall–Kier alpha value is -1.70. The predicted octanol–water partition coefficient (Wildman–Crippen LogP) is 8.21. The van der Waals surface area contributed by atoms with E-state index in [1.165, 1.54) is 57.8 Å². The van der Waals surface area contributed by atoms with E-state index < -0.39 is 17.4 Å². The number of rotatable bonds is 10. The number of allylic oxidation sites excluding steroid dienone is 2. The maximum Gasteiger partial charge on any atom is 0.161 e. The van der Waals surface area contributed by atoms with Crippen LogP contribution in [0.25, 0.3) is 11.9 Å². The van der Waals surface area contributed by atoms with Gasteiger partial charge in [0, 0.05) is 10.6 Å². The monoisotopic (exact) mass is 466 g/mol. The molecule has 3 aliphatic rings. The van der Waals surface area contributed by atoms with Crippen LogP contribution in [0.15, 0.2) is 49.6 Å². The van der Waals surface area contributed by atoms with Crippen LogP contribution in [0, 0.1) is 29.1 Å². The van der Waals surface area contributed by atoms with Crippen LogP contribution >= 0.6 is 0 Å². The predicted molar refractivity (Wildman–Crippen MR) is 141 cm³/mol. The van der Waals surface area contributed by atoms with Crippen molar-refractivity contribution in [1.29, 1.82) is 0 Å². The summed E-state index contributed by atoms with van der Waals surface area (Å²) >= 11 is 0. The van der Waals surface area contributed by atoms with E-state index in [1.807, 2.05) is 18.2 Å². The van der Waals surface area contributed by atoms with Crippen LogP contribution in [0.5, 0.6) is 0 Å². The maximum atomic E-state index is 15.8. The van der Waals surface area contributed by atoms with E-state index in [4.69, 9.17) is 0 Å². The third-order valence-electron chi connectivity index (χ3n) is 9.45.